The van der Waals surface area contributed by atoms with E-state index in [9.17, 15) is 18.0 Å². The van der Waals surface area contributed by atoms with Crippen molar-refractivity contribution in [1.29, 1.82) is 0 Å². The lowest BCUT2D eigenvalue weighted by Crippen LogP contribution is -2.44. The molecule has 0 saturated carbocycles. The number of hydrogen-bond donors (Lipinski definition) is 3. The average molecular weight is 436 g/mol. The highest BCUT2D eigenvalue weighted by Gasteiger charge is 2.37. The standard InChI is InChI=1S/C21H27F3N6O/c1-3-12-6-7-13(9-25-12)28-20-27-11-16(21(22,23)24)17(29-20)15-10-26-18-14(15)5-4-8-30(2)19(18)31/h10-13,25-26H,3-9H2,1-2H3,(H,27,28,29). The Morgan fingerprint density at radius 3 is 2.81 bits per heavy atom. The van der Waals surface area contributed by atoms with E-state index in [-0.39, 0.29) is 23.6 Å². The second-order valence-corrected chi connectivity index (χ2v) is 8.27. The Morgan fingerprint density at radius 1 is 1.32 bits per heavy atom. The molecule has 10 heteroatoms. The minimum atomic E-state index is -4.61. The van der Waals surface area contributed by atoms with Crippen molar-refractivity contribution in [3.05, 3.63) is 29.2 Å². The third kappa shape index (κ3) is 4.39. The molecule has 3 N–H and O–H groups in total. The molecule has 0 spiro atoms. The summed E-state index contributed by atoms with van der Waals surface area (Å²) in [4.78, 5) is 25.3. The van der Waals surface area contributed by atoms with Gasteiger partial charge in [-0.05, 0) is 37.7 Å². The van der Waals surface area contributed by atoms with E-state index in [0.29, 0.717) is 48.8 Å². The number of piperidine rings is 1. The van der Waals surface area contributed by atoms with Crippen molar-refractivity contribution in [3.63, 3.8) is 0 Å². The van der Waals surface area contributed by atoms with Crippen LogP contribution in [0.5, 0.6) is 0 Å². The number of carbonyl (C=O) groups is 1. The number of nitrogens with one attached hydrogen (secondary N) is 3. The van der Waals surface area contributed by atoms with Crippen LogP contribution in [-0.2, 0) is 12.6 Å². The minimum absolute atomic E-state index is 0.0472. The van der Waals surface area contributed by atoms with E-state index in [1.165, 1.54) is 6.20 Å². The lowest BCUT2D eigenvalue weighted by atomic mass is 9.99. The molecule has 2 atom stereocenters. The highest BCUT2D eigenvalue weighted by atomic mass is 19.4. The van der Waals surface area contributed by atoms with Crippen LogP contribution in [0.1, 0.15) is 54.2 Å². The maximum absolute atomic E-state index is 13.8. The molecule has 0 bridgehead atoms. The van der Waals surface area contributed by atoms with E-state index in [4.69, 9.17) is 0 Å². The Hall–Kier alpha value is -2.62. The SMILES string of the molecule is CCC1CCC(Nc2ncc(C(F)(F)F)c(-c3c[nH]c4c3CCCN(C)C4=O)n2)CN1. The first kappa shape index (κ1) is 21.6. The second-order valence-electron chi connectivity index (χ2n) is 8.27. The van der Waals surface area contributed by atoms with Crippen LogP contribution in [0.15, 0.2) is 12.4 Å². The van der Waals surface area contributed by atoms with Gasteiger partial charge in [0.15, 0.2) is 0 Å². The van der Waals surface area contributed by atoms with Gasteiger partial charge in [0.25, 0.3) is 5.91 Å². The summed E-state index contributed by atoms with van der Waals surface area (Å²) in [5, 5.41) is 6.61. The van der Waals surface area contributed by atoms with Crippen molar-refractivity contribution < 1.29 is 18.0 Å². The van der Waals surface area contributed by atoms with Crippen LogP contribution in [0.2, 0.25) is 0 Å². The molecular weight excluding hydrogens is 409 g/mol. The molecule has 2 aromatic heterocycles. The van der Waals surface area contributed by atoms with Gasteiger partial charge in [0.2, 0.25) is 5.95 Å². The number of halogens is 3. The molecule has 0 radical (unpaired) electrons. The normalized spacial score (nSPS) is 22.2. The zero-order valence-electron chi connectivity index (χ0n) is 17.6. The molecule has 0 aliphatic carbocycles. The van der Waals surface area contributed by atoms with Gasteiger partial charge in [-0.25, -0.2) is 9.97 Å². The Morgan fingerprint density at radius 2 is 2.13 bits per heavy atom. The van der Waals surface area contributed by atoms with E-state index in [1.807, 2.05) is 0 Å². The zero-order valence-corrected chi connectivity index (χ0v) is 17.6. The third-order valence-electron chi connectivity index (χ3n) is 6.16. The molecule has 0 aromatic carbocycles. The topological polar surface area (TPSA) is 85.9 Å². The summed E-state index contributed by atoms with van der Waals surface area (Å²) >= 11 is 0. The molecule has 2 unspecified atom stereocenters. The first-order chi connectivity index (χ1) is 14.8. The highest BCUT2D eigenvalue weighted by molar-refractivity contribution is 5.96. The van der Waals surface area contributed by atoms with Gasteiger partial charge in [0.05, 0.1) is 5.69 Å². The Labute approximate surface area is 178 Å². The average Bonchev–Trinajstić information content (AvgIpc) is 3.10. The first-order valence-corrected chi connectivity index (χ1v) is 10.7. The fourth-order valence-electron chi connectivity index (χ4n) is 4.33. The summed E-state index contributed by atoms with van der Waals surface area (Å²) in [6.45, 7) is 3.38. The predicted octanol–water partition coefficient (Wildman–Crippen LogP) is 3.45. The molecule has 2 aromatic rings. The van der Waals surface area contributed by atoms with E-state index < -0.39 is 11.7 Å². The van der Waals surface area contributed by atoms with Gasteiger partial charge in [-0.1, -0.05) is 6.92 Å². The van der Waals surface area contributed by atoms with Crippen LogP contribution < -0.4 is 10.6 Å². The fourth-order valence-corrected chi connectivity index (χ4v) is 4.33. The number of H-pyrrole nitrogens is 1. The van der Waals surface area contributed by atoms with E-state index in [2.05, 4.69) is 32.5 Å². The zero-order chi connectivity index (χ0) is 22.2. The summed E-state index contributed by atoms with van der Waals surface area (Å²) in [7, 11) is 1.69. The molecule has 31 heavy (non-hydrogen) atoms. The molecule has 1 saturated heterocycles. The van der Waals surface area contributed by atoms with Crippen molar-refractivity contribution in [3.8, 4) is 11.3 Å². The summed E-state index contributed by atoms with van der Waals surface area (Å²) < 4.78 is 41.3. The van der Waals surface area contributed by atoms with Gasteiger partial charge < -0.3 is 20.5 Å². The van der Waals surface area contributed by atoms with Crippen LogP contribution in [0.25, 0.3) is 11.3 Å². The number of alkyl halides is 3. The Kier molecular flexibility index (Phi) is 5.92. The number of nitrogens with zero attached hydrogens (tertiary/aromatic N) is 3. The summed E-state index contributed by atoms with van der Waals surface area (Å²) in [6.07, 6.45) is 1.78. The molecule has 2 aliphatic heterocycles. The quantitative estimate of drug-likeness (QED) is 0.684. The van der Waals surface area contributed by atoms with Crippen LogP contribution in [0, 0.1) is 0 Å². The van der Waals surface area contributed by atoms with Gasteiger partial charge >= 0.3 is 6.18 Å². The highest BCUT2D eigenvalue weighted by Crippen LogP contribution is 2.39. The number of carbonyl (C=O) groups excluding carboxylic acids is 1. The molecule has 1 fully saturated rings. The Bertz CT molecular complexity index is 949. The minimum Gasteiger partial charge on any atom is -0.356 e. The number of amides is 1. The lowest BCUT2D eigenvalue weighted by molar-refractivity contribution is -0.137. The smallest absolute Gasteiger partial charge is 0.356 e. The van der Waals surface area contributed by atoms with Crippen LogP contribution >= 0.6 is 0 Å². The number of rotatable bonds is 4. The van der Waals surface area contributed by atoms with Crippen LogP contribution in [0.4, 0.5) is 19.1 Å². The van der Waals surface area contributed by atoms with Gasteiger partial charge in [-0.15, -0.1) is 0 Å². The molecule has 7 nitrogen and oxygen atoms in total. The van der Waals surface area contributed by atoms with Crippen LogP contribution in [-0.4, -0.2) is 58.0 Å². The third-order valence-corrected chi connectivity index (χ3v) is 6.16. The second kappa shape index (κ2) is 8.49. The van der Waals surface area contributed by atoms with E-state index >= 15 is 0 Å². The number of hydrogen-bond acceptors (Lipinski definition) is 5. The monoisotopic (exact) mass is 436 g/mol. The fraction of sp³-hybridized carbons (Fsp3) is 0.571. The maximum Gasteiger partial charge on any atom is 0.419 e. The summed E-state index contributed by atoms with van der Waals surface area (Å²) in [6, 6.07) is 0.513. The number of aromatic amines is 1. The van der Waals surface area contributed by atoms with Gasteiger partial charge in [0, 0.05) is 50.2 Å². The van der Waals surface area contributed by atoms with Gasteiger partial charge in [0.1, 0.15) is 11.3 Å². The van der Waals surface area contributed by atoms with E-state index in [0.717, 1.165) is 25.5 Å². The number of fused-ring (bicyclic) bond motifs is 1. The summed E-state index contributed by atoms with van der Waals surface area (Å²) in [5.41, 5.74) is 0.116. The van der Waals surface area contributed by atoms with Crippen molar-refractivity contribution in [1.82, 2.24) is 25.2 Å². The van der Waals surface area contributed by atoms with Gasteiger partial charge in [-0.2, -0.15) is 13.2 Å². The Balaban J connectivity index is 1.69. The molecule has 2 aliphatic rings. The lowest BCUT2D eigenvalue weighted by Gasteiger charge is -2.30. The van der Waals surface area contributed by atoms with Crippen molar-refractivity contribution in [2.75, 3.05) is 25.5 Å². The molecule has 4 rings (SSSR count). The summed E-state index contributed by atoms with van der Waals surface area (Å²) in [5.74, 6) is -0.0600. The molecular formula is C21H27F3N6O. The van der Waals surface area contributed by atoms with Crippen molar-refractivity contribution in [2.45, 2.75) is 57.3 Å². The first-order valence-electron chi connectivity index (χ1n) is 10.7. The molecule has 4 heterocycles. The largest absolute Gasteiger partial charge is 0.419 e. The maximum atomic E-state index is 13.8. The predicted molar refractivity (Wildman–Crippen MR) is 111 cm³/mol. The number of anilines is 1. The van der Waals surface area contributed by atoms with Crippen LogP contribution in [0.3, 0.4) is 0 Å². The van der Waals surface area contributed by atoms with Crippen molar-refractivity contribution in [2.24, 2.45) is 0 Å². The molecule has 1 amide bonds. The molecule has 168 valence electrons. The van der Waals surface area contributed by atoms with E-state index in [1.54, 1.807) is 11.9 Å². The van der Waals surface area contributed by atoms with Gasteiger partial charge in [-0.3, -0.25) is 4.79 Å². The van der Waals surface area contributed by atoms with Crippen molar-refractivity contribution >= 4 is 11.9 Å². The number of aromatic nitrogens is 3.